The van der Waals surface area contributed by atoms with Gasteiger partial charge < -0.3 is 9.84 Å². The van der Waals surface area contributed by atoms with Gasteiger partial charge in [-0.15, -0.1) is 0 Å². The molecule has 1 unspecified atom stereocenters. The normalized spacial score (nSPS) is 21.9. The first-order valence-electron chi connectivity index (χ1n) is 7.46. The molecular weight excluding hydrogens is 330 g/mol. The third-order valence-corrected chi connectivity index (χ3v) is 4.77. The number of nitrogens with zero attached hydrogens (tertiary/aromatic N) is 2. The zero-order valence-corrected chi connectivity index (χ0v) is 14.0. The molecule has 5 heteroatoms. The summed E-state index contributed by atoms with van der Waals surface area (Å²) >= 11 is 3.48. The SMILES string of the molecule is CCCC1(c2nc(-c3ccc(Br)cc3C)no2)CCNC1. The molecule has 3 rings (SSSR count). The quantitative estimate of drug-likeness (QED) is 0.910. The van der Waals surface area contributed by atoms with Crippen LogP contribution in [0.15, 0.2) is 27.2 Å². The molecule has 0 amide bonds. The van der Waals surface area contributed by atoms with Gasteiger partial charge in [0, 0.05) is 16.6 Å². The summed E-state index contributed by atoms with van der Waals surface area (Å²) < 4.78 is 6.70. The molecule has 1 aliphatic rings. The van der Waals surface area contributed by atoms with Gasteiger partial charge in [-0.25, -0.2) is 0 Å². The second-order valence-corrected chi connectivity index (χ2v) is 6.76. The van der Waals surface area contributed by atoms with Crippen LogP contribution >= 0.6 is 15.9 Å². The fourth-order valence-corrected chi connectivity index (χ4v) is 3.63. The summed E-state index contributed by atoms with van der Waals surface area (Å²) in [7, 11) is 0. The van der Waals surface area contributed by atoms with Crippen molar-refractivity contribution in [2.75, 3.05) is 13.1 Å². The van der Waals surface area contributed by atoms with E-state index in [1.165, 1.54) is 0 Å². The first-order valence-corrected chi connectivity index (χ1v) is 8.25. The van der Waals surface area contributed by atoms with E-state index in [4.69, 9.17) is 9.51 Å². The van der Waals surface area contributed by atoms with Crippen LogP contribution in [0.25, 0.3) is 11.4 Å². The van der Waals surface area contributed by atoms with Gasteiger partial charge in [0.05, 0.1) is 5.41 Å². The summed E-state index contributed by atoms with van der Waals surface area (Å²) in [5.41, 5.74) is 2.19. The predicted molar refractivity (Wildman–Crippen MR) is 86.2 cm³/mol. The maximum absolute atomic E-state index is 5.63. The van der Waals surface area contributed by atoms with E-state index in [-0.39, 0.29) is 5.41 Å². The van der Waals surface area contributed by atoms with Crippen LogP contribution in [0.1, 0.15) is 37.6 Å². The van der Waals surface area contributed by atoms with E-state index < -0.39 is 0 Å². The van der Waals surface area contributed by atoms with E-state index in [1.807, 2.05) is 12.1 Å². The Hall–Kier alpha value is -1.20. The average Bonchev–Trinajstić information content (AvgIpc) is 3.08. The maximum atomic E-state index is 5.63. The zero-order valence-electron chi connectivity index (χ0n) is 12.4. The van der Waals surface area contributed by atoms with Crippen LogP contribution in [-0.2, 0) is 5.41 Å². The largest absolute Gasteiger partial charge is 0.338 e. The highest BCUT2D eigenvalue weighted by Crippen LogP contribution is 2.35. The van der Waals surface area contributed by atoms with Crippen LogP contribution in [0.2, 0.25) is 0 Å². The minimum atomic E-state index is 0.0171. The molecule has 0 aliphatic carbocycles. The second kappa shape index (κ2) is 5.89. The second-order valence-electron chi connectivity index (χ2n) is 5.84. The lowest BCUT2D eigenvalue weighted by molar-refractivity contribution is 0.277. The molecular formula is C16H20BrN3O. The molecule has 4 nitrogen and oxygen atoms in total. The molecule has 1 aliphatic heterocycles. The number of nitrogens with one attached hydrogen (secondary N) is 1. The number of rotatable bonds is 4. The molecule has 21 heavy (non-hydrogen) atoms. The lowest BCUT2D eigenvalue weighted by Crippen LogP contribution is -2.29. The first kappa shape index (κ1) is 14.7. The van der Waals surface area contributed by atoms with E-state index in [0.717, 1.165) is 53.8 Å². The van der Waals surface area contributed by atoms with Gasteiger partial charge in [0.1, 0.15) is 0 Å². The Balaban J connectivity index is 1.95. The summed E-state index contributed by atoms with van der Waals surface area (Å²) in [6, 6.07) is 6.12. The summed E-state index contributed by atoms with van der Waals surface area (Å²) in [6.07, 6.45) is 3.28. The van der Waals surface area contributed by atoms with E-state index in [2.05, 4.69) is 46.3 Å². The smallest absolute Gasteiger partial charge is 0.234 e. The van der Waals surface area contributed by atoms with Crippen molar-refractivity contribution in [1.82, 2.24) is 15.5 Å². The minimum absolute atomic E-state index is 0.0171. The Labute approximate surface area is 133 Å². The number of hydrogen-bond acceptors (Lipinski definition) is 4. The molecule has 112 valence electrons. The molecule has 1 aromatic heterocycles. The Bertz CT molecular complexity index is 632. The van der Waals surface area contributed by atoms with Crippen LogP contribution in [0.4, 0.5) is 0 Å². The molecule has 2 heterocycles. The van der Waals surface area contributed by atoms with Crippen molar-refractivity contribution < 1.29 is 4.52 Å². The number of aromatic nitrogens is 2. The highest BCUT2D eigenvalue weighted by molar-refractivity contribution is 9.10. The van der Waals surface area contributed by atoms with Crippen molar-refractivity contribution in [3.63, 3.8) is 0 Å². The Morgan fingerprint density at radius 2 is 2.29 bits per heavy atom. The van der Waals surface area contributed by atoms with Crippen molar-refractivity contribution in [3.05, 3.63) is 34.1 Å². The van der Waals surface area contributed by atoms with Gasteiger partial charge in [0.2, 0.25) is 11.7 Å². The first-order chi connectivity index (χ1) is 10.1. The van der Waals surface area contributed by atoms with Gasteiger partial charge in [-0.05, 0) is 50.1 Å². The standard InChI is InChI=1S/C16H20BrN3O/c1-3-6-16(7-8-18-10-16)15-19-14(20-21-15)13-5-4-12(17)9-11(13)2/h4-5,9,18H,3,6-8,10H2,1-2H3. The molecule has 1 aromatic carbocycles. The molecule has 0 spiro atoms. The van der Waals surface area contributed by atoms with Crippen molar-refractivity contribution >= 4 is 15.9 Å². The summed E-state index contributed by atoms with van der Waals surface area (Å²) in [6.45, 7) is 6.22. The molecule has 0 radical (unpaired) electrons. The van der Waals surface area contributed by atoms with Crippen molar-refractivity contribution in [2.24, 2.45) is 0 Å². The van der Waals surface area contributed by atoms with E-state index >= 15 is 0 Å². The molecule has 1 fully saturated rings. The molecule has 1 saturated heterocycles. The lowest BCUT2D eigenvalue weighted by atomic mass is 9.82. The predicted octanol–water partition coefficient (Wildman–Crippen LogP) is 3.84. The fourth-order valence-electron chi connectivity index (χ4n) is 3.15. The van der Waals surface area contributed by atoms with E-state index in [1.54, 1.807) is 0 Å². The summed E-state index contributed by atoms with van der Waals surface area (Å²) in [5, 5.41) is 7.65. The molecule has 2 aromatic rings. The highest BCUT2D eigenvalue weighted by atomic mass is 79.9. The van der Waals surface area contributed by atoms with Crippen LogP contribution < -0.4 is 5.32 Å². The summed E-state index contributed by atoms with van der Waals surface area (Å²) in [4.78, 5) is 4.71. The van der Waals surface area contributed by atoms with E-state index in [0.29, 0.717) is 5.82 Å². The van der Waals surface area contributed by atoms with Crippen LogP contribution in [0.3, 0.4) is 0 Å². The fraction of sp³-hybridized carbons (Fsp3) is 0.500. The zero-order chi connectivity index (χ0) is 14.9. The molecule has 1 atom stereocenters. The van der Waals surface area contributed by atoms with E-state index in [9.17, 15) is 0 Å². The molecule has 0 bridgehead atoms. The van der Waals surface area contributed by atoms with Gasteiger partial charge in [-0.3, -0.25) is 0 Å². The van der Waals surface area contributed by atoms with Crippen molar-refractivity contribution in [2.45, 2.75) is 38.5 Å². The average molecular weight is 350 g/mol. The topological polar surface area (TPSA) is 51.0 Å². The van der Waals surface area contributed by atoms with Gasteiger partial charge >= 0.3 is 0 Å². The summed E-state index contributed by atoms with van der Waals surface area (Å²) in [5.74, 6) is 1.48. The number of halogens is 1. The van der Waals surface area contributed by atoms with Gasteiger partial charge in [0.25, 0.3) is 0 Å². The highest BCUT2D eigenvalue weighted by Gasteiger charge is 2.40. The number of aryl methyl sites for hydroxylation is 1. The molecule has 0 saturated carbocycles. The molecule has 1 N–H and O–H groups in total. The van der Waals surface area contributed by atoms with Crippen LogP contribution in [0, 0.1) is 6.92 Å². The number of benzene rings is 1. The Morgan fingerprint density at radius 3 is 2.95 bits per heavy atom. The number of hydrogen-bond donors (Lipinski definition) is 1. The van der Waals surface area contributed by atoms with Crippen molar-refractivity contribution in [1.29, 1.82) is 0 Å². The monoisotopic (exact) mass is 349 g/mol. The van der Waals surface area contributed by atoms with Crippen molar-refractivity contribution in [3.8, 4) is 11.4 Å². The van der Waals surface area contributed by atoms with Gasteiger partial charge in [-0.2, -0.15) is 4.98 Å². The van der Waals surface area contributed by atoms with Gasteiger partial charge in [-0.1, -0.05) is 34.4 Å². The third kappa shape index (κ3) is 2.77. The third-order valence-electron chi connectivity index (χ3n) is 4.28. The van der Waals surface area contributed by atoms with Gasteiger partial charge in [0.15, 0.2) is 0 Å². The lowest BCUT2D eigenvalue weighted by Gasteiger charge is -2.22. The Kier molecular flexibility index (Phi) is 4.13. The Morgan fingerprint density at radius 1 is 1.43 bits per heavy atom. The minimum Gasteiger partial charge on any atom is -0.338 e. The van der Waals surface area contributed by atoms with Crippen LogP contribution in [-0.4, -0.2) is 23.2 Å². The maximum Gasteiger partial charge on any atom is 0.234 e. The van der Waals surface area contributed by atoms with Crippen LogP contribution in [0.5, 0.6) is 0 Å².